The average molecular weight is 372 g/mol. The number of anilines is 1. The van der Waals surface area contributed by atoms with Gasteiger partial charge in [0, 0.05) is 0 Å². The maximum absolute atomic E-state index is 12.5. The Hall–Kier alpha value is -2.15. The highest BCUT2D eigenvalue weighted by atomic mass is 35.5. The molecular weight excluding hydrogens is 352 g/mol. The Balaban J connectivity index is 2.13. The van der Waals surface area contributed by atoms with Crippen LogP contribution in [0.4, 0.5) is 14.5 Å². The first kappa shape index (κ1) is 19.2. The Labute approximate surface area is 149 Å². The van der Waals surface area contributed by atoms with E-state index in [1.165, 1.54) is 6.07 Å². The molecule has 0 bridgehead atoms. The van der Waals surface area contributed by atoms with E-state index in [2.05, 4.69) is 15.2 Å². The predicted molar refractivity (Wildman–Crippen MR) is 92.3 cm³/mol. The van der Waals surface area contributed by atoms with Crippen molar-refractivity contribution in [3.63, 3.8) is 0 Å². The minimum absolute atomic E-state index is 0.0738. The van der Waals surface area contributed by atoms with E-state index in [9.17, 15) is 13.6 Å². The van der Waals surface area contributed by atoms with Crippen molar-refractivity contribution < 1.29 is 18.3 Å². The third-order valence-electron chi connectivity index (χ3n) is 3.80. The van der Waals surface area contributed by atoms with Crippen molar-refractivity contribution in [1.82, 2.24) is 9.78 Å². The molecule has 8 heteroatoms. The number of alkyl halides is 2. The zero-order valence-corrected chi connectivity index (χ0v) is 15.2. The van der Waals surface area contributed by atoms with Crippen molar-refractivity contribution in [2.75, 3.05) is 5.32 Å². The van der Waals surface area contributed by atoms with Crippen LogP contribution in [0, 0.1) is 26.7 Å². The predicted octanol–water partition coefficient (Wildman–Crippen LogP) is 4.34. The fourth-order valence-corrected chi connectivity index (χ4v) is 2.53. The Morgan fingerprint density at radius 1 is 1.36 bits per heavy atom. The van der Waals surface area contributed by atoms with Gasteiger partial charge in [0.1, 0.15) is 5.75 Å². The molecule has 136 valence electrons. The van der Waals surface area contributed by atoms with E-state index in [-0.39, 0.29) is 17.3 Å². The lowest BCUT2D eigenvalue weighted by molar-refractivity contribution is -0.119. The fourth-order valence-electron chi connectivity index (χ4n) is 2.39. The smallest absolute Gasteiger partial charge is 0.387 e. The second-order valence-electron chi connectivity index (χ2n) is 5.94. The number of ether oxygens (including phenoxy) is 1. The number of halogens is 3. The molecule has 0 aliphatic carbocycles. The lowest BCUT2D eigenvalue weighted by atomic mass is 10.1. The van der Waals surface area contributed by atoms with Gasteiger partial charge in [0.2, 0.25) is 5.91 Å². The van der Waals surface area contributed by atoms with E-state index < -0.39 is 12.5 Å². The molecule has 5 nitrogen and oxygen atoms in total. The van der Waals surface area contributed by atoms with Crippen molar-refractivity contribution in [3.05, 3.63) is 40.2 Å². The number of nitrogens with zero attached hydrogens (tertiary/aromatic N) is 2. The molecule has 1 N–H and O–H groups in total. The van der Waals surface area contributed by atoms with Crippen molar-refractivity contribution >= 4 is 23.2 Å². The van der Waals surface area contributed by atoms with Crippen LogP contribution in [0.15, 0.2) is 18.2 Å². The van der Waals surface area contributed by atoms with E-state index in [0.29, 0.717) is 17.3 Å². The van der Waals surface area contributed by atoms with E-state index in [1.54, 1.807) is 37.6 Å². The molecule has 0 aliphatic rings. The van der Waals surface area contributed by atoms with Gasteiger partial charge in [-0.1, -0.05) is 24.6 Å². The van der Waals surface area contributed by atoms with Crippen LogP contribution < -0.4 is 10.1 Å². The van der Waals surface area contributed by atoms with Crippen molar-refractivity contribution in [2.45, 2.75) is 40.9 Å². The quantitative estimate of drug-likeness (QED) is 0.821. The first-order chi connectivity index (χ1) is 11.7. The fraction of sp³-hybridized carbons (Fsp3) is 0.412. The number of rotatable bonds is 6. The van der Waals surface area contributed by atoms with E-state index >= 15 is 0 Å². The minimum atomic E-state index is -2.97. The van der Waals surface area contributed by atoms with Crippen LogP contribution in [0.5, 0.6) is 5.75 Å². The van der Waals surface area contributed by atoms with Crippen LogP contribution in [0.3, 0.4) is 0 Å². The molecule has 1 heterocycles. The first-order valence-corrected chi connectivity index (χ1v) is 8.12. The molecule has 2 rings (SSSR count). The van der Waals surface area contributed by atoms with Gasteiger partial charge in [-0.05, 0) is 38.5 Å². The van der Waals surface area contributed by atoms with E-state index in [1.807, 2.05) is 6.92 Å². The molecule has 2 aromatic rings. The highest BCUT2D eigenvalue weighted by Crippen LogP contribution is 2.28. The molecule has 1 amide bonds. The summed E-state index contributed by atoms with van der Waals surface area (Å²) in [5, 5.41) is 7.51. The summed E-state index contributed by atoms with van der Waals surface area (Å²) in [5.74, 6) is -0.849. The Morgan fingerprint density at radius 3 is 2.60 bits per heavy atom. The maximum Gasteiger partial charge on any atom is 0.387 e. The molecule has 0 spiro atoms. The van der Waals surface area contributed by atoms with E-state index in [4.69, 9.17) is 11.6 Å². The number of hydrogen-bond acceptors (Lipinski definition) is 3. The zero-order valence-electron chi connectivity index (χ0n) is 14.4. The van der Waals surface area contributed by atoms with Crippen LogP contribution >= 0.6 is 11.6 Å². The normalized spacial score (nSPS) is 12.3. The standard InChI is InChI=1S/C17H20ClF2N3O2/c1-9-5-6-14(25-17(19)20)13(7-9)21-16(24)10(2)8-23-12(4)15(18)11(3)22-23/h5-7,10,17H,8H2,1-4H3,(H,21,24). The van der Waals surface area contributed by atoms with Gasteiger partial charge in [-0.15, -0.1) is 0 Å². The van der Waals surface area contributed by atoms with Gasteiger partial charge in [0.15, 0.2) is 0 Å². The summed E-state index contributed by atoms with van der Waals surface area (Å²) in [5.41, 5.74) is 2.49. The van der Waals surface area contributed by atoms with Crippen LogP contribution in [0.25, 0.3) is 0 Å². The largest absolute Gasteiger partial charge is 0.433 e. The molecule has 0 radical (unpaired) electrons. The Morgan fingerprint density at radius 2 is 2.04 bits per heavy atom. The summed E-state index contributed by atoms with van der Waals surface area (Å²) in [6.07, 6.45) is 0. The topological polar surface area (TPSA) is 56.1 Å². The summed E-state index contributed by atoms with van der Waals surface area (Å²) < 4.78 is 31.1. The summed E-state index contributed by atoms with van der Waals surface area (Å²) in [7, 11) is 0. The molecule has 0 saturated heterocycles. The van der Waals surface area contributed by atoms with Crippen LogP contribution in [0.2, 0.25) is 5.02 Å². The summed E-state index contributed by atoms with van der Waals surface area (Å²) in [6.45, 7) is 4.49. The first-order valence-electron chi connectivity index (χ1n) is 7.75. The highest BCUT2D eigenvalue weighted by molar-refractivity contribution is 6.31. The van der Waals surface area contributed by atoms with Crippen LogP contribution in [-0.2, 0) is 11.3 Å². The number of carbonyl (C=O) groups excluding carboxylic acids is 1. The Kier molecular flexibility index (Phi) is 6.00. The second kappa shape index (κ2) is 7.82. The van der Waals surface area contributed by atoms with Gasteiger partial charge in [-0.3, -0.25) is 9.48 Å². The molecule has 1 atom stereocenters. The SMILES string of the molecule is Cc1ccc(OC(F)F)c(NC(=O)C(C)Cn2nc(C)c(Cl)c2C)c1. The molecule has 0 fully saturated rings. The van der Waals surface area contributed by atoms with Gasteiger partial charge in [-0.2, -0.15) is 13.9 Å². The number of benzene rings is 1. The maximum atomic E-state index is 12.5. The monoisotopic (exact) mass is 371 g/mol. The molecular formula is C17H20ClF2N3O2. The van der Waals surface area contributed by atoms with Crippen molar-refractivity contribution in [1.29, 1.82) is 0 Å². The minimum Gasteiger partial charge on any atom is -0.433 e. The van der Waals surface area contributed by atoms with Gasteiger partial charge < -0.3 is 10.1 Å². The summed E-state index contributed by atoms with van der Waals surface area (Å²) in [4.78, 5) is 12.4. The number of amides is 1. The summed E-state index contributed by atoms with van der Waals surface area (Å²) >= 11 is 6.11. The number of carbonyl (C=O) groups is 1. The van der Waals surface area contributed by atoms with Gasteiger partial charge in [0.05, 0.1) is 34.6 Å². The van der Waals surface area contributed by atoms with E-state index in [0.717, 1.165) is 11.3 Å². The lowest BCUT2D eigenvalue weighted by Crippen LogP contribution is -2.25. The molecule has 25 heavy (non-hydrogen) atoms. The number of hydrogen-bond donors (Lipinski definition) is 1. The van der Waals surface area contributed by atoms with Gasteiger partial charge >= 0.3 is 6.61 Å². The number of nitrogens with one attached hydrogen (secondary N) is 1. The number of aromatic nitrogens is 2. The van der Waals surface area contributed by atoms with Crippen molar-refractivity contribution in [2.24, 2.45) is 5.92 Å². The second-order valence-corrected chi connectivity index (χ2v) is 6.31. The third-order valence-corrected chi connectivity index (χ3v) is 4.34. The van der Waals surface area contributed by atoms with Crippen LogP contribution in [-0.4, -0.2) is 22.3 Å². The van der Waals surface area contributed by atoms with Gasteiger partial charge in [0.25, 0.3) is 0 Å². The highest BCUT2D eigenvalue weighted by Gasteiger charge is 2.19. The molecule has 1 aromatic carbocycles. The van der Waals surface area contributed by atoms with Crippen molar-refractivity contribution in [3.8, 4) is 5.75 Å². The number of aryl methyl sites for hydroxylation is 2. The third kappa shape index (κ3) is 4.69. The molecule has 1 unspecified atom stereocenters. The van der Waals surface area contributed by atoms with Crippen LogP contribution in [0.1, 0.15) is 23.9 Å². The molecule has 0 saturated carbocycles. The van der Waals surface area contributed by atoms with Gasteiger partial charge in [-0.25, -0.2) is 0 Å². The zero-order chi connectivity index (χ0) is 18.7. The summed E-state index contributed by atoms with van der Waals surface area (Å²) in [6, 6.07) is 4.62. The Bertz CT molecular complexity index is 777. The lowest BCUT2D eigenvalue weighted by Gasteiger charge is -2.16. The average Bonchev–Trinajstić information content (AvgIpc) is 2.76. The molecule has 1 aromatic heterocycles. The molecule has 0 aliphatic heterocycles.